The predicted molar refractivity (Wildman–Crippen MR) is 60.7 cm³/mol. The lowest BCUT2D eigenvalue weighted by Gasteiger charge is -1.95. The van der Waals surface area contributed by atoms with Crippen LogP contribution in [0.25, 0.3) is 0 Å². The molecule has 0 fully saturated rings. The summed E-state index contributed by atoms with van der Waals surface area (Å²) in [6, 6.07) is 4.04. The maximum absolute atomic E-state index is 10.6. The van der Waals surface area contributed by atoms with Gasteiger partial charge in [0.2, 0.25) is 0 Å². The highest BCUT2D eigenvalue weighted by Gasteiger charge is 2.08. The van der Waals surface area contributed by atoms with E-state index in [9.17, 15) is 14.9 Å². The Hall–Kier alpha value is -1.86. The van der Waals surface area contributed by atoms with Crippen molar-refractivity contribution in [3.8, 4) is 11.8 Å². The second kappa shape index (κ2) is 5.89. The molecule has 0 bridgehead atoms. The minimum Gasteiger partial charge on any atom is -0.298 e. The third kappa shape index (κ3) is 3.37. The van der Waals surface area contributed by atoms with Crippen molar-refractivity contribution >= 4 is 23.6 Å². The summed E-state index contributed by atoms with van der Waals surface area (Å²) in [5, 5.41) is 10.6. The van der Waals surface area contributed by atoms with Crippen LogP contribution >= 0.6 is 11.6 Å². The number of carbonyl (C=O) groups is 1. The molecule has 0 radical (unpaired) electrons. The van der Waals surface area contributed by atoms with Crippen molar-refractivity contribution in [2.75, 3.05) is 5.88 Å². The Morgan fingerprint density at radius 2 is 2.19 bits per heavy atom. The second-order valence-corrected chi connectivity index (χ2v) is 3.31. The summed E-state index contributed by atoms with van der Waals surface area (Å²) in [7, 11) is 0. The van der Waals surface area contributed by atoms with E-state index in [4.69, 9.17) is 11.6 Å². The molecule has 0 N–H and O–H groups in total. The molecular formula is C11H8ClNO3. The van der Waals surface area contributed by atoms with E-state index in [0.717, 1.165) is 0 Å². The Kier molecular flexibility index (Phi) is 4.49. The first-order valence-corrected chi connectivity index (χ1v) is 5.00. The number of rotatable bonds is 3. The number of aldehydes is 1. The van der Waals surface area contributed by atoms with Gasteiger partial charge in [-0.05, 0) is 6.07 Å². The van der Waals surface area contributed by atoms with E-state index >= 15 is 0 Å². The van der Waals surface area contributed by atoms with Gasteiger partial charge in [-0.1, -0.05) is 11.8 Å². The molecule has 0 saturated heterocycles. The van der Waals surface area contributed by atoms with Gasteiger partial charge in [0, 0.05) is 35.6 Å². The van der Waals surface area contributed by atoms with Gasteiger partial charge in [0.05, 0.1) is 4.92 Å². The van der Waals surface area contributed by atoms with Crippen LogP contribution in [0, 0.1) is 22.0 Å². The van der Waals surface area contributed by atoms with Crippen LogP contribution < -0.4 is 0 Å². The second-order valence-electron chi connectivity index (χ2n) is 2.93. The topological polar surface area (TPSA) is 60.2 Å². The Bertz CT molecular complexity index is 474. The third-order valence-corrected chi connectivity index (χ3v) is 1.93. The maximum Gasteiger partial charge on any atom is 0.271 e. The van der Waals surface area contributed by atoms with Gasteiger partial charge in [0.15, 0.2) is 0 Å². The first-order chi connectivity index (χ1) is 7.67. The number of nitro groups is 1. The van der Waals surface area contributed by atoms with Gasteiger partial charge in [0.25, 0.3) is 5.69 Å². The molecule has 0 amide bonds. The predicted octanol–water partition coefficient (Wildman–Crippen LogP) is 2.39. The summed E-state index contributed by atoms with van der Waals surface area (Å²) < 4.78 is 0. The monoisotopic (exact) mass is 237 g/mol. The van der Waals surface area contributed by atoms with Gasteiger partial charge in [-0.3, -0.25) is 14.9 Å². The SMILES string of the molecule is O=Cc1cc(C#CCCCl)cc([N+](=O)[O-])c1. The number of hydrogen-bond donors (Lipinski definition) is 0. The highest BCUT2D eigenvalue weighted by molar-refractivity contribution is 6.18. The molecule has 1 aromatic carbocycles. The van der Waals surface area contributed by atoms with Crippen LogP contribution in [0.5, 0.6) is 0 Å². The summed E-state index contributed by atoms with van der Waals surface area (Å²) in [6.45, 7) is 0. The summed E-state index contributed by atoms with van der Waals surface area (Å²) in [5.41, 5.74) is 0.547. The fourth-order valence-electron chi connectivity index (χ4n) is 1.09. The molecule has 0 spiro atoms. The molecule has 0 aliphatic heterocycles. The van der Waals surface area contributed by atoms with E-state index in [1.54, 1.807) is 0 Å². The summed E-state index contributed by atoms with van der Waals surface area (Å²) in [6.07, 6.45) is 1.06. The molecule has 0 aliphatic rings. The van der Waals surface area contributed by atoms with Crippen LogP contribution in [-0.4, -0.2) is 17.1 Å². The molecule has 16 heavy (non-hydrogen) atoms. The van der Waals surface area contributed by atoms with Crippen molar-refractivity contribution in [1.82, 2.24) is 0 Å². The van der Waals surface area contributed by atoms with Crippen molar-refractivity contribution in [2.45, 2.75) is 6.42 Å². The van der Waals surface area contributed by atoms with E-state index in [1.165, 1.54) is 18.2 Å². The molecule has 0 atom stereocenters. The standard InChI is InChI=1S/C11H8ClNO3/c12-4-2-1-3-9-5-10(8-14)7-11(6-9)13(15)16/h5-8H,2,4H2. The molecule has 0 unspecified atom stereocenters. The largest absolute Gasteiger partial charge is 0.298 e. The number of halogens is 1. The molecule has 0 aliphatic carbocycles. The quantitative estimate of drug-likeness (QED) is 0.267. The highest BCUT2D eigenvalue weighted by Crippen LogP contribution is 2.15. The number of hydrogen-bond acceptors (Lipinski definition) is 3. The van der Waals surface area contributed by atoms with Gasteiger partial charge in [0.1, 0.15) is 6.29 Å². The smallest absolute Gasteiger partial charge is 0.271 e. The van der Waals surface area contributed by atoms with Crippen molar-refractivity contribution < 1.29 is 9.72 Å². The summed E-state index contributed by atoms with van der Waals surface area (Å²) >= 11 is 5.44. The Morgan fingerprint density at radius 3 is 2.75 bits per heavy atom. The number of carbonyl (C=O) groups excluding carboxylic acids is 1. The molecule has 5 heteroatoms. The molecule has 0 aromatic heterocycles. The number of nitrogens with zero attached hydrogens (tertiary/aromatic N) is 1. The van der Waals surface area contributed by atoms with E-state index in [2.05, 4.69) is 11.8 Å². The van der Waals surface area contributed by atoms with Crippen LogP contribution in [0.1, 0.15) is 22.3 Å². The van der Waals surface area contributed by atoms with Crippen LogP contribution in [0.4, 0.5) is 5.69 Å². The zero-order valence-electron chi connectivity index (χ0n) is 8.27. The van der Waals surface area contributed by atoms with Gasteiger partial charge >= 0.3 is 0 Å². The summed E-state index contributed by atoms with van der Waals surface area (Å²) in [4.78, 5) is 20.6. The lowest BCUT2D eigenvalue weighted by molar-refractivity contribution is -0.384. The molecular weight excluding hydrogens is 230 g/mol. The minimum absolute atomic E-state index is 0.139. The Morgan fingerprint density at radius 1 is 1.44 bits per heavy atom. The van der Waals surface area contributed by atoms with E-state index in [1.807, 2.05) is 0 Å². The summed E-state index contributed by atoms with van der Waals surface area (Å²) in [5.74, 6) is 5.87. The lowest BCUT2D eigenvalue weighted by Crippen LogP contribution is -1.91. The van der Waals surface area contributed by atoms with E-state index < -0.39 is 4.92 Å². The third-order valence-electron chi connectivity index (χ3n) is 1.74. The minimum atomic E-state index is -0.556. The van der Waals surface area contributed by atoms with Gasteiger partial charge in [-0.2, -0.15) is 0 Å². The van der Waals surface area contributed by atoms with Crippen LogP contribution in [0.3, 0.4) is 0 Å². The van der Waals surface area contributed by atoms with E-state index in [0.29, 0.717) is 24.2 Å². The first-order valence-electron chi connectivity index (χ1n) is 4.47. The number of alkyl halides is 1. The zero-order chi connectivity index (χ0) is 12.0. The average molecular weight is 238 g/mol. The molecule has 82 valence electrons. The fourth-order valence-corrected chi connectivity index (χ4v) is 1.19. The maximum atomic E-state index is 10.6. The van der Waals surface area contributed by atoms with Crippen LogP contribution in [-0.2, 0) is 0 Å². The van der Waals surface area contributed by atoms with Crippen molar-refractivity contribution in [1.29, 1.82) is 0 Å². The zero-order valence-corrected chi connectivity index (χ0v) is 9.03. The molecule has 1 aromatic rings. The van der Waals surface area contributed by atoms with Gasteiger partial charge < -0.3 is 0 Å². The molecule has 0 saturated carbocycles. The van der Waals surface area contributed by atoms with Gasteiger partial charge in [-0.25, -0.2) is 0 Å². The fraction of sp³-hybridized carbons (Fsp3) is 0.182. The van der Waals surface area contributed by atoms with Crippen LogP contribution in [0.2, 0.25) is 0 Å². The number of nitro benzene ring substituents is 1. The number of non-ortho nitro benzene ring substituents is 1. The first kappa shape index (κ1) is 12.2. The molecule has 0 heterocycles. The molecule has 1 rings (SSSR count). The average Bonchev–Trinajstić information content (AvgIpc) is 2.29. The van der Waals surface area contributed by atoms with Crippen molar-refractivity contribution in [3.05, 3.63) is 39.4 Å². The van der Waals surface area contributed by atoms with Gasteiger partial charge in [-0.15, -0.1) is 11.6 Å². The van der Waals surface area contributed by atoms with Crippen molar-refractivity contribution in [2.24, 2.45) is 0 Å². The van der Waals surface area contributed by atoms with E-state index in [-0.39, 0.29) is 11.3 Å². The Balaban J connectivity index is 3.10. The lowest BCUT2D eigenvalue weighted by atomic mass is 10.1. The van der Waals surface area contributed by atoms with Crippen molar-refractivity contribution in [3.63, 3.8) is 0 Å². The number of benzene rings is 1. The van der Waals surface area contributed by atoms with Crippen LogP contribution in [0.15, 0.2) is 18.2 Å². The highest BCUT2D eigenvalue weighted by atomic mass is 35.5. The Labute approximate surface area is 97.4 Å². The molecule has 4 nitrogen and oxygen atoms in total. The normalized spacial score (nSPS) is 9.06.